The Morgan fingerprint density at radius 1 is 1.29 bits per heavy atom. The molecule has 2 rings (SSSR count). The molecule has 0 saturated carbocycles. The lowest BCUT2D eigenvalue weighted by atomic mass is 10.2. The summed E-state index contributed by atoms with van der Waals surface area (Å²) in [6.07, 6.45) is 2.92. The SMILES string of the molecule is CN(C(=O)c1ccoc1)c1ccc(CN)cc1. The maximum atomic E-state index is 12.0. The van der Waals surface area contributed by atoms with E-state index in [2.05, 4.69) is 0 Å². The van der Waals surface area contributed by atoms with Gasteiger partial charge >= 0.3 is 0 Å². The minimum absolute atomic E-state index is 0.0979. The quantitative estimate of drug-likeness (QED) is 0.877. The smallest absolute Gasteiger partial charge is 0.261 e. The molecule has 17 heavy (non-hydrogen) atoms. The minimum Gasteiger partial charge on any atom is -0.472 e. The fraction of sp³-hybridized carbons (Fsp3) is 0.154. The number of hydrogen-bond acceptors (Lipinski definition) is 3. The Labute approximate surface area is 99.6 Å². The van der Waals surface area contributed by atoms with Crippen molar-refractivity contribution in [3.8, 4) is 0 Å². The van der Waals surface area contributed by atoms with E-state index < -0.39 is 0 Å². The van der Waals surface area contributed by atoms with Gasteiger partial charge in [0.2, 0.25) is 0 Å². The number of nitrogens with two attached hydrogens (primary N) is 1. The van der Waals surface area contributed by atoms with Crippen LogP contribution in [0.4, 0.5) is 5.69 Å². The Kier molecular flexibility index (Phi) is 3.25. The third kappa shape index (κ3) is 2.37. The number of carbonyl (C=O) groups excluding carboxylic acids is 1. The van der Waals surface area contributed by atoms with Crippen LogP contribution in [0.15, 0.2) is 47.3 Å². The second-order valence-corrected chi connectivity index (χ2v) is 3.75. The van der Waals surface area contributed by atoms with Gasteiger partial charge in [0, 0.05) is 19.3 Å². The normalized spacial score (nSPS) is 10.2. The lowest BCUT2D eigenvalue weighted by Gasteiger charge is -2.16. The van der Waals surface area contributed by atoms with E-state index in [1.54, 1.807) is 18.0 Å². The number of hydrogen-bond donors (Lipinski definition) is 1. The van der Waals surface area contributed by atoms with Gasteiger partial charge in [0.05, 0.1) is 11.8 Å². The Hall–Kier alpha value is -2.07. The van der Waals surface area contributed by atoms with Crippen LogP contribution in [0, 0.1) is 0 Å². The molecule has 88 valence electrons. The number of rotatable bonds is 3. The number of benzene rings is 1. The van der Waals surface area contributed by atoms with E-state index in [1.807, 2.05) is 24.3 Å². The van der Waals surface area contributed by atoms with Gasteiger partial charge in [0.15, 0.2) is 0 Å². The first kappa shape index (κ1) is 11.4. The summed E-state index contributed by atoms with van der Waals surface area (Å²) in [5.41, 5.74) is 7.92. The zero-order valence-corrected chi connectivity index (χ0v) is 9.59. The van der Waals surface area contributed by atoms with Gasteiger partial charge in [-0.25, -0.2) is 0 Å². The Balaban J connectivity index is 2.19. The number of anilines is 1. The lowest BCUT2D eigenvalue weighted by molar-refractivity contribution is 0.0992. The lowest BCUT2D eigenvalue weighted by Crippen LogP contribution is -2.25. The molecule has 0 spiro atoms. The first-order chi connectivity index (χ1) is 8.22. The molecule has 2 aromatic rings. The first-order valence-electron chi connectivity index (χ1n) is 5.31. The molecule has 4 heteroatoms. The summed E-state index contributed by atoms with van der Waals surface area (Å²) in [5, 5.41) is 0. The van der Waals surface area contributed by atoms with E-state index in [0.717, 1.165) is 11.3 Å². The summed E-state index contributed by atoms with van der Waals surface area (Å²) in [7, 11) is 1.73. The van der Waals surface area contributed by atoms with Crippen molar-refractivity contribution in [2.24, 2.45) is 5.73 Å². The zero-order valence-electron chi connectivity index (χ0n) is 9.59. The largest absolute Gasteiger partial charge is 0.472 e. The van der Waals surface area contributed by atoms with Gasteiger partial charge in [0.25, 0.3) is 5.91 Å². The molecule has 0 atom stereocenters. The number of amides is 1. The maximum absolute atomic E-state index is 12.0. The van der Waals surface area contributed by atoms with Crippen LogP contribution in [0.25, 0.3) is 0 Å². The topological polar surface area (TPSA) is 59.5 Å². The van der Waals surface area contributed by atoms with E-state index >= 15 is 0 Å². The Morgan fingerprint density at radius 2 is 2.00 bits per heavy atom. The van der Waals surface area contributed by atoms with E-state index in [0.29, 0.717) is 12.1 Å². The highest BCUT2D eigenvalue weighted by Crippen LogP contribution is 2.16. The minimum atomic E-state index is -0.0979. The van der Waals surface area contributed by atoms with Crippen LogP contribution in [0.5, 0.6) is 0 Å². The van der Waals surface area contributed by atoms with Crippen LogP contribution in [0.3, 0.4) is 0 Å². The second kappa shape index (κ2) is 4.84. The summed E-state index contributed by atoms with van der Waals surface area (Å²) in [6.45, 7) is 0.500. The van der Waals surface area contributed by atoms with Crippen LogP contribution < -0.4 is 10.6 Å². The van der Waals surface area contributed by atoms with E-state index in [4.69, 9.17) is 10.2 Å². The molecule has 2 N–H and O–H groups in total. The van der Waals surface area contributed by atoms with Crippen molar-refractivity contribution in [1.29, 1.82) is 0 Å². The van der Waals surface area contributed by atoms with Crippen LogP contribution in [0.2, 0.25) is 0 Å². The molecule has 0 radical (unpaired) electrons. The third-order valence-electron chi connectivity index (χ3n) is 2.63. The molecule has 1 amide bonds. The van der Waals surface area contributed by atoms with Crippen molar-refractivity contribution in [2.75, 3.05) is 11.9 Å². The monoisotopic (exact) mass is 230 g/mol. The van der Waals surface area contributed by atoms with Crippen molar-refractivity contribution >= 4 is 11.6 Å². The van der Waals surface area contributed by atoms with Crippen LogP contribution in [-0.2, 0) is 6.54 Å². The van der Waals surface area contributed by atoms with Gasteiger partial charge in [-0.3, -0.25) is 4.79 Å². The molecular weight excluding hydrogens is 216 g/mol. The van der Waals surface area contributed by atoms with Crippen LogP contribution in [0.1, 0.15) is 15.9 Å². The summed E-state index contributed by atoms with van der Waals surface area (Å²) >= 11 is 0. The van der Waals surface area contributed by atoms with Crippen LogP contribution >= 0.6 is 0 Å². The highest BCUT2D eigenvalue weighted by molar-refractivity contribution is 6.05. The molecule has 0 saturated heterocycles. The van der Waals surface area contributed by atoms with Gasteiger partial charge in [0.1, 0.15) is 6.26 Å². The fourth-order valence-electron chi connectivity index (χ4n) is 1.55. The zero-order chi connectivity index (χ0) is 12.3. The van der Waals surface area contributed by atoms with E-state index in [9.17, 15) is 4.79 Å². The van der Waals surface area contributed by atoms with Gasteiger partial charge in [-0.05, 0) is 23.8 Å². The van der Waals surface area contributed by atoms with Crippen molar-refractivity contribution in [3.05, 3.63) is 54.0 Å². The molecule has 0 bridgehead atoms. The van der Waals surface area contributed by atoms with Gasteiger partial charge in [-0.2, -0.15) is 0 Å². The van der Waals surface area contributed by atoms with Gasteiger partial charge in [-0.1, -0.05) is 12.1 Å². The molecule has 1 aromatic carbocycles. The molecule has 0 aliphatic rings. The summed E-state index contributed by atoms with van der Waals surface area (Å²) in [5.74, 6) is -0.0979. The Morgan fingerprint density at radius 3 is 2.53 bits per heavy atom. The summed E-state index contributed by atoms with van der Waals surface area (Å²) in [6, 6.07) is 9.22. The fourth-order valence-corrected chi connectivity index (χ4v) is 1.55. The predicted octanol–water partition coefficient (Wildman–Crippen LogP) is 2.01. The summed E-state index contributed by atoms with van der Waals surface area (Å²) in [4.78, 5) is 13.6. The average Bonchev–Trinajstić information content (AvgIpc) is 2.91. The molecule has 0 unspecified atom stereocenters. The van der Waals surface area contributed by atoms with Gasteiger partial charge < -0.3 is 15.1 Å². The molecule has 4 nitrogen and oxygen atoms in total. The highest BCUT2D eigenvalue weighted by atomic mass is 16.3. The highest BCUT2D eigenvalue weighted by Gasteiger charge is 2.14. The summed E-state index contributed by atoms with van der Waals surface area (Å²) < 4.78 is 4.89. The number of carbonyl (C=O) groups is 1. The third-order valence-corrected chi connectivity index (χ3v) is 2.63. The van der Waals surface area contributed by atoms with Crippen molar-refractivity contribution in [1.82, 2.24) is 0 Å². The standard InChI is InChI=1S/C13H14N2O2/c1-15(13(16)11-6-7-17-9-11)12-4-2-10(8-14)3-5-12/h2-7,9H,8,14H2,1H3. The molecular formula is C13H14N2O2. The van der Waals surface area contributed by atoms with Crippen molar-refractivity contribution < 1.29 is 9.21 Å². The Bertz CT molecular complexity index is 489. The van der Waals surface area contributed by atoms with Crippen LogP contribution in [-0.4, -0.2) is 13.0 Å². The predicted molar refractivity (Wildman–Crippen MR) is 65.8 cm³/mol. The molecule has 1 heterocycles. The van der Waals surface area contributed by atoms with E-state index in [-0.39, 0.29) is 5.91 Å². The average molecular weight is 230 g/mol. The molecule has 1 aromatic heterocycles. The van der Waals surface area contributed by atoms with Gasteiger partial charge in [-0.15, -0.1) is 0 Å². The molecule has 0 fully saturated rings. The van der Waals surface area contributed by atoms with E-state index in [1.165, 1.54) is 12.5 Å². The van der Waals surface area contributed by atoms with Crippen molar-refractivity contribution in [2.45, 2.75) is 6.54 Å². The molecule has 0 aliphatic carbocycles. The first-order valence-corrected chi connectivity index (χ1v) is 5.31. The number of nitrogens with zero attached hydrogens (tertiary/aromatic N) is 1. The maximum Gasteiger partial charge on any atom is 0.261 e. The molecule has 0 aliphatic heterocycles. The second-order valence-electron chi connectivity index (χ2n) is 3.75. The van der Waals surface area contributed by atoms with Crippen molar-refractivity contribution in [3.63, 3.8) is 0 Å². The number of furan rings is 1.